The summed E-state index contributed by atoms with van der Waals surface area (Å²) in [7, 11) is 0. The molecular formula is C16H9NO. The van der Waals surface area contributed by atoms with E-state index in [2.05, 4.69) is 0 Å². The van der Waals surface area contributed by atoms with Crippen LogP contribution in [0.15, 0.2) is 54.6 Å². The Morgan fingerprint density at radius 1 is 0.889 bits per heavy atom. The van der Waals surface area contributed by atoms with Crippen molar-refractivity contribution in [2.75, 3.05) is 0 Å². The first-order valence-corrected chi connectivity index (χ1v) is 5.66. The SMILES string of the molecule is N#CC(=O)c1c2ccccc2cc2ccccc12. The molecule has 3 rings (SSSR count). The molecule has 84 valence electrons. The van der Waals surface area contributed by atoms with Gasteiger partial charge in [0.05, 0.1) is 0 Å². The number of carbonyl (C=O) groups excluding carboxylic acids is 1. The van der Waals surface area contributed by atoms with E-state index in [0.29, 0.717) is 5.56 Å². The van der Waals surface area contributed by atoms with Gasteiger partial charge in [-0.2, -0.15) is 5.26 Å². The monoisotopic (exact) mass is 231 g/mol. The molecule has 3 aromatic rings. The average molecular weight is 231 g/mol. The molecule has 0 fully saturated rings. The van der Waals surface area contributed by atoms with E-state index in [4.69, 9.17) is 5.26 Å². The second-order valence-electron chi connectivity index (χ2n) is 4.13. The fourth-order valence-electron chi connectivity index (χ4n) is 2.31. The minimum atomic E-state index is -0.483. The quantitative estimate of drug-likeness (QED) is 0.364. The highest BCUT2D eigenvalue weighted by molar-refractivity contribution is 6.23. The molecule has 0 bridgehead atoms. The molecule has 0 heterocycles. The van der Waals surface area contributed by atoms with Gasteiger partial charge in [-0.3, -0.25) is 4.79 Å². The third-order valence-electron chi connectivity index (χ3n) is 3.10. The van der Waals surface area contributed by atoms with Crippen LogP contribution in [-0.4, -0.2) is 5.78 Å². The molecule has 0 saturated carbocycles. The van der Waals surface area contributed by atoms with E-state index in [-0.39, 0.29) is 0 Å². The summed E-state index contributed by atoms with van der Waals surface area (Å²) in [6.45, 7) is 0. The Labute approximate surface area is 104 Å². The van der Waals surface area contributed by atoms with E-state index in [1.807, 2.05) is 54.6 Å². The van der Waals surface area contributed by atoms with E-state index in [0.717, 1.165) is 21.5 Å². The Morgan fingerprint density at radius 3 is 1.89 bits per heavy atom. The molecular weight excluding hydrogens is 222 g/mol. The number of Topliss-reactive ketones (excluding diaryl/α,β-unsaturated/α-hetero) is 1. The normalized spacial score (nSPS) is 10.4. The first-order valence-electron chi connectivity index (χ1n) is 5.66. The molecule has 3 aromatic carbocycles. The van der Waals surface area contributed by atoms with Gasteiger partial charge in [0.2, 0.25) is 0 Å². The number of rotatable bonds is 1. The van der Waals surface area contributed by atoms with E-state index >= 15 is 0 Å². The first-order chi connectivity index (χ1) is 8.81. The number of ketones is 1. The molecule has 0 aliphatic carbocycles. The predicted octanol–water partition coefficient (Wildman–Crippen LogP) is 3.70. The lowest BCUT2D eigenvalue weighted by Crippen LogP contribution is -1.97. The van der Waals surface area contributed by atoms with Gasteiger partial charge in [0, 0.05) is 5.56 Å². The van der Waals surface area contributed by atoms with Crippen molar-refractivity contribution >= 4 is 27.3 Å². The number of hydrogen-bond donors (Lipinski definition) is 0. The molecule has 2 nitrogen and oxygen atoms in total. The Bertz CT molecular complexity index is 758. The molecule has 0 unspecified atom stereocenters. The number of carbonyl (C=O) groups is 1. The van der Waals surface area contributed by atoms with Crippen molar-refractivity contribution in [2.45, 2.75) is 0 Å². The minimum Gasteiger partial charge on any atom is -0.277 e. The van der Waals surface area contributed by atoms with Crippen molar-refractivity contribution in [3.05, 3.63) is 60.2 Å². The molecule has 18 heavy (non-hydrogen) atoms. The van der Waals surface area contributed by atoms with Gasteiger partial charge < -0.3 is 0 Å². The number of hydrogen-bond acceptors (Lipinski definition) is 2. The van der Waals surface area contributed by atoms with Crippen LogP contribution in [0.3, 0.4) is 0 Å². The molecule has 0 aliphatic rings. The number of nitrogens with zero attached hydrogens (tertiary/aromatic N) is 1. The lowest BCUT2D eigenvalue weighted by Gasteiger charge is -2.07. The lowest BCUT2D eigenvalue weighted by atomic mass is 9.95. The summed E-state index contributed by atoms with van der Waals surface area (Å²) in [5.41, 5.74) is 0.506. The van der Waals surface area contributed by atoms with Crippen molar-refractivity contribution in [2.24, 2.45) is 0 Å². The smallest absolute Gasteiger partial charge is 0.263 e. The fraction of sp³-hybridized carbons (Fsp3) is 0. The Hall–Kier alpha value is -2.66. The summed E-state index contributed by atoms with van der Waals surface area (Å²) in [4.78, 5) is 11.9. The second-order valence-corrected chi connectivity index (χ2v) is 4.13. The lowest BCUT2D eigenvalue weighted by molar-refractivity contribution is 0.105. The van der Waals surface area contributed by atoms with E-state index in [9.17, 15) is 4.79 Å². The van der Waals surface area contributed by atoms with Crippen molar-refractivity contribution < 1.29 is 4.79 Å². The van der Waals surface area contributed by atoms with Gasteiger partial charge in [-0.05, 0) is 27.6 Å². The molecule has 0 amide bonds. The van der Waals surface area contributed by atoms with Crippen LogP contribution in [0.2, 0.25) is 0 Å². The second kappa shape index (κ2) is 3.97. The molecule has 0 aromatic heterocycles. The molecule has 0 atom stereocenters. The molecule has 0 saturated heterocycles. The average Bonchev–Trinajstić information content (AvgIpc) is 2.44. The summed E-state index contributed by atoms with van der Waals surface area (Å²) in [6, 6.07) is 19.1. The van der Waals surface area contributed by atoms with Crippen molar-refractivity contribution in [1.29, 1.82) is 5.26 Å². The van der Waals surface area contributed by atoms with Crippen LogP contribution >= 0.6 is 0 Å². The zero-order chi connectivity index (χ0) is 12.5. The van der Waals surface area contributed by atoms with Crippen molar-refractivity contribution in [1.82, 2.24) is 0 Å². The van der Waals surface area contributed by atoms with Gasteiger partial charge >= 0.3 is 0 Å². The highest BCUT2D eigenvalue weighted by Gasteiger charge is 2.13. The maximum atomic E-state index is 11.9. The molecule has 0 aliphatic heterocycles. The van der Waals surface area contributed by atoms with Crippen LogP contribution in [0.25, 0.3) is 21.5 Å². The van der Waals surface area contributed by atoms with Crippen molar-refractivity contribution in [3.8, 4) is 6.07 Å². The standard InChI is InChI=1S/C16H9NO/c17-10-15(18)16-13-7-3-1-5-11(13)9-12-6-2-4-8-14(12)16/h1-9H. The molecule has 0 spiro atoms. The zero-order valence-electron chi connectivity index (χ0n) is 9.55. The Balaban J connectivity index is 2.59. The molecule has 0 N–H and O–H groups in total. The number of fused-ring (bicyclic) bond motifs is 2. The zero-order valence-corrected chi connectivity index (χ0v) is 9.55. The highest BCUT2D eigenvalue weighted by Crippen LogP contribution is 2.28. The van der Waals surface area contributed by atoms with Gasteiger partial charge in [0.25, 0.3) is 5.78 Å². The summed E-state index contributed by atoms with van der Waals surface area (Å²) in [5.74, 6) is -0.483. The van der Waals surface area contributed by atoms with Crippen LogP contribution < -0.4 is 0 Å². The summed E-state index contributed by atoms with van der Waals surface area (Å²) in [5, 5.41) is 12.5. The fourth-order valence-corrected chi connectivity index (χ4v) is 2.31. The van der Waals surface area contributed by atoms with Gasteiger partial charge in [0.15, 0.2) is 0 Å². The van der Waals surface area contributed by atoms with E-state index in [1.54, 1.807) is 6.07 Å². The minimum absolute atomic E-state index is 0.483. The topological polar surface area (TPSA) is 40.9 Å². The largest absolute Gasteiger partial charge is 0.277 e. The molecule has 2 heteroatoms. The predicted molar refractivity (Wildman–Crippen MR) is 71.4 cm³/mol. The molecule has 0 radical (unpaired) electrons. The first kappa shape index (κ1) is 10.5. The van der Waals surface area contributed by atoms with Crippen LogP contribution in [0.5, 0.6) is 0 Å². The summed E-state index contributed by atoms with van der Waals surface area (Å²) in [6.07, 6.45) is 0. The van der Waals surface area contributed by atoms with Crippen LogP contribution in [0.1, 0.15) is 10.4 Å². The maximum absolute atomic E-state index is 11.9. The maximum Gasteiger partial charge on any atom is 0.263 e. The third-order valence-corrected chi connectivity index (χ3v) is 3.10. The van der Waals surface area contributed by atoms with E-state index < -0.39 is 5.78 Å². The van der Waals surface area contributed by atoms with Gasteiger partial charge in [-0.15, -0.1) is 0 Å². The van der Waals surface area contributed by atoms with Crippen LogP contribution in [-0.2, 0) is 0 Å². The van der Waals surface area contributed by atoms with Gasteiger partial charge in [-0.25, -0.2) is 0 Å². The third kappa shape index (κ3) is 1.46. The van der Waals surface area contributed by atoms with Gasteiger partial charge in [-0.1, -0.05) is 48.5 Å². The Morgan fingerprint density at radius 2 is 1.39 bits per heavy atom. The summed E-state index contributed by atoms with van der Waals surface area (Å²) < 4.78 is 0. The van der Waals surface area contributed by atoms with E-state index in [1.165, 1.54) is 0 Å². The Kier molecular flexibility index (Phi) is 2.32. The number of benzene rings is 3. The van der Waals surface area contributed by atoms with Gasteiger partial charge in [0.1, 0.15) is 6.07 Å². The highest BCUT2D eigenvalue weighted by atomic mass is 16.1. The summed E-state index contributed by atoms with van der Waals surface area (Å²) >= 11 is 0. The van der Waals surface area contributed by atoms with Crippen molar-refractivity contribution in [3.63, 3.8) is 0 Å². The number of nitriles is 1. The van der Waals surface area contributed by atoms with Crippen LogP contribution in [0.4, 0.5) is 0 Å². The van der Waals surface area contributed by atoms with Crippen LogP contribution in [0, 0.1) is 11.3 Å².